The predicted octanol–water partition coefficient (Wildman–Crippen LogP) is 1.37. The van der Waals surface area contributed by atoms with Gasteiger partial charge in [0.25, 0.3) is 0 Å². The zero-order chi connectivity index (χ0) is 11.6. The van der Waals surface area contributed by atoms with Crippen LogP contribution in [0.2, 0.25) is 0 Å². The maximum Gasteiger partial charge on any atom is 0.155 e. The Bertz CT molecular complexity index is 338. The molecule has 1 saturated heterocycles. The molecule has 4 nitrogen and oxygen atoms in total. The monoisotopic (exact) mass is 221 g/mol. The van der Waals surface area contributed by atoms with Crippen LogP contribution in [0.4, 0.5) is 0 Å². The van der Waals surface area contributed by atoms with Gasteiger partial charge in [-0.1, -0.05) is 20.8 Å². The summed E-state index contributed by atoms with van der Waals surface area (Å²) in [5, 5.41) is 3.22. The maximum atomic E-state index is 5.61. The Morgan fingerprint density at radius 1 is 1.31 bits per heavy atom. The predicted molar refractivity (Wildman–Crippen MR) is 62.6 cm³/mol. The van der Waals surface area contributed by atoms with E-state index in [0.29, 0.717) is 5.92 Å². The van der Waals surface area contributed by atoms with Crippen LogP contribution in [0.15, 0.2) is 12.4 Å². The summed E-state index contributed by atoms with van der Waals surface area (Å²) < 4.78 is 5.61. The van der Waals surface area contributed by atoms with Crippen LogP contribution in [0.25, 0.3) is 0 Å². The van der Waals surface area contributed by atoms with Crippen LogP contribution >= 0.6 is 0 Å². The summed E-state index contributed by atoms with van der Waals surface area (Å²) in [6.07, 6.45) is 3.53. The summed E-state index contributed by atoms with van der Waals surface area (Å²) in [6.45, 7) is 9.17. The van der Waals surface area contributed by atoms with Gasteiger partial charge in [0.1, 0.15) is 5.82 Å². The fraction of sp³-hybridized carbons (Fsp3) is 0.667. The Morgan fingerprint density at radius 3 is 2.38 bits per heavy atom. The first-order chi connectivity index (χ1) is 7.55. The summed E-state index contributed by atoms with van der Waals surface area (Å²) in [7, 11) is 0. The standard InChI is InChI=1S/C12H19N3O/c1-12(2,3)11-14-6-10(7-15-11)16-8-9-4-13-5-9/h6-7,9,13H,4-5,8H2,1-3H3. The lowest BCUT2D eigenvalue weighted by Crippen LogP contribution is -2.45. The molecule has 2 rings (SSSR count). The van der Waals surface area contributed by atoms with Crippen molar-refractivity contribution in [3.63, 3.8) is 0 Å². The molecule has 2 heterocycles. The second-order valence-corrected chi connectivity index (χ2v) is 5.33. The Labute approximate surface area is 96.4 Å². The first kappa shape index (κ1) is 11.3. The lowest BCUT2D eigenvalue weighted by atomic mass is 9.96. The van der Waals surface area contributed by atoms with E-state index in [2.05, 4.69) is 36.1 Å². The van der Waals surface area contributed by atoms with Crippen LogP contribution in [-0.2, 0) is 5.41 Å². The van der Waals surface area contributed by atoms with Gasteiger partial charge in [-0.05, 0) is 0 Å². The second kappa shape index (κ2) is 4.37. The fourth-order valence-corrected chi connectivity index (χ4v) is 1.46. The molecule has 0 atom stereocenters. The van der Waals surface area contributed by atoms with Crippen molar-refractivity contribution in [1.82, 2.24) is 15.3 Å². The van der Waals surface area contributed by atoms with Gasteiger partial charge in [-0.15, -0.1) is 0 Å². The molecule has 1 aromatic rings. The summed E-state index contributed by atoms with van der Waals surface area (Å²) in [5.74, 6) is 2.26. The highest BCUT2D eigenvalue weighted by Gasteiger charge is 2.18. The summed E-state index contributed by atoms with van der Waals surface area (Å²) in [4.78, 5) is 8.64. The van der Waals surface area contributed by atoms with Crippen molar-refractivity contribution in [3.8, 4) is 5.75 Å². The Balaban J connectivity index is 1.91. The minimum absolute atomic E-state index is 0.00355. The van der Waals surface area contributed by atoms with E-state index in [-0.39, 0.29) is 5.41 Å². The van der Waals surface area contributed by atoms with Crippen molar-refractivity contribution in [2.45, 2.75) is 26.2 Å². The highest BCUT2D eigenvalue weighted by molar-refractivity contribution is 5.15. The van der Waals surface area contributed by atoms with Crippen molar-refractivity contribution < 1.29 is 4.74 Å². The van der Waals surface area contributed by atoms with Crippen molar-refractivity contribution in [2.24, 2.45) is 5.92 Å². The first-order valence-corrected chi connectivity index (χ1v) is 5.72. The van der Waals surface area contributed by atoms with E-state index < -0.39 is 0 Å². The zero-order valence-electron chi connectivity index (χ0n) is 10.2. The molecule has 0 bridgehead atoms. The molecule has 4 heteroatoms. The number of hydrogen-bond donors (Lipinski definition) is 1. The number of hydrogen-bond acceptors (Lipinski definition) is 4. The molecule has 0 aliphatic carbocycles. The van der Waals surface area contributed by atoms with E-state index in [4.69, 9.17) is 4.74 Å². The molecule has 0 amide bonds. The van der Waals surface area contributed by atoms with Crippen LogP contribution in [-0.4, -0.2) is 29.7 Å². The van der Waals surface area contributed by atoms with Gasteiger partial charge in [-0.25, -0.2) is 9.97 Å². The average Bonchev–Trinajstić information content (AvgIpc) is 2.15. The first-order valence-electron chi connectivity index (χ1n) is 5.72. The third kappa shape index (κ3) is 2.70. The molecule has 0 unspecified atom stereocenters. The summed E-state index contributed by atoms with van der Waals surface area (Å²) >= 11 is 0. The third-order valence-electron chi connectivity index (χ3n) is 2.65. The molecular weight excluding hydrogens is 202 g/mol. The molecule has 1 fully saturated rings. The molecule has 16 heavy (non-hydrogen) atoms. The average molecular weight is 221 g/mol. The number of ether oxygens (including phenoxy) is 1. The molecule has 1 aliphatic rings. The molecule has 0 saturated carbocycles. The van der Waals surface area contributed by atoms with E-state index in [1.807, 2.05) is 0 Å². The quantitative estimate of drug-likeness (QED) is 0.837. The lowest BCUT2D eigenvalue weighted by Gasteiger charge is -2.26. The SMILES string of the molecule is CC(C)(C)c1ncc(OCC2CNC2)cn1. The lowest BCUT2D eigenvalue weighted by molar-refractivity contribution is 0.198. The largest absolute Gasteiger partial charge is 0.490 e. The van der Waals surface area contributed by atoms with Crippen molar-refractivity contribution in [3.05, 3.63) is 18.2 Å². The van der Waals surface area contributed by atoms with Crippen LogP contribution in [0.1, 0.15) is 26.6 Å². The zero-order valence-corrected chi connectivity index (χ0v) is 10.2. The molecule has 1 aliphatic heterocycles. The van der Waals surface area contributed by atoms with E-state index in [1.54, 1.807) is 12.4 Å². The normalized spacial score (nSPS) is 16.9. The van der Waals surface area contributed by atoms with Gasteiger partial charge < -0.3 is 10.1 Å². The Morgan fingerprint density at radius 2 is 1.94 bits per heavy atom. The number of aromatic nitrogens is 2. The third-order valence-corrected chi connectivity index (χ3v) is 2.65. The van der Waals surface area contributed by atoms with Crippen molar-refractivity contribution >= 4 is 0 Å². The summed E-state index contributed by atoms with van der Waals surface area (Å²) in [6, 6.07) is 0. The molecule has 88 valence electrons. The second-order valence-electron chi connectivity index (χ2n) is 5.33. The fourth-order valence-electron chi connectivity index (χ4n) is 1.46. The molecule has 1 aromatic heterocycles. The van der Waals surface area contributed by atoms with E-state index >= 15 is 0 Å². The van der Waals surface area contributed by atoms with Gasteiger partial charge in [-0.2, -0.15) is 0 Å². The van der Waals surface area contributed by atoms with E-state index in [0.717, 1.165) is 31.3 Å². The molecular formula is C12H19N3O. The van der Waals surface area contributed by atoms with Gasteiger partial charge in [0.2, 0.25) is 0 Å². The Hall–Kier alpha value is -1.16. The number of nitrogens with one attached hydrogen (secondary N) is 1. The van der Waals surface area contributed by atoms with Gasteiger partial charge in [0.15, 0.2) is 5.75 Å². The Kier molecular flexibility index (Phi) is 3.10. The highest BCUT2D eigenvalue weighted by Crippen LogP contribution is 2.19. The molecule has 0 spiro atoms. The number of nitrogens with zero attached hydrogens (tertiary/aromatic N) is 2. The van der Waals surface area contributed by atoms with E-state index in [9.17, 15) is 0 Å². The number of rotatable bonds is 3. The van der Waals surface area contributed by atoms with Gasteiger partial charge in [0, 0.05) is 24.4 Å². The van der Waals surface area contributed by atoms with E-state index in [1.165, 1.54) is 0 Å². The van der Waals surface area contributed by atoms with Gasteiger partial charge in [0.05, 0.1) is 19.0 Å². The van der Waals surface area contributed by atoms with Crippen LogP contribution in [0.5, 0.6) is 5.75 Å². The minimum Gasteiger partial charge on any atom is -0.490 e. The van der Waals surface area contributed by atoms with Gasteiger partial charge >= 0.3 is 0 Å². The van der Waals surface area contributed by atoms with Crippen molar-refractivity contribution in [2.75, 3.05) is 19.7 Å². The molecule has 0 aromatic carbocycles. The van der Waals surface area contributed by atoms with Crippen LogP contribution in [0, 0.1) is 5.92 Å². The molecule has 1 N–H and O–H groups in total. The van der Waals surface area contributed by atoms with Gasteiger partial charge in [-0.3, -0.25) is 0 Å². The van der Waals surface area contributed by atoms with Crippen LogP contribution < -0.4 is 10.1 Å². The van der Waals surface area contributed by atoms with Crippen LogP contribution in [0.3, 0.4) is 0 Å². The summed E-state index contributed by atoms with van der Waals surface area (Å²) in [5.41, 5.74) is -0.00355. The van der Waals surface area contributed by atoms with Crippen molar-refractivity contribution in [1.29, 1.82) is 0 Å². The smallest absolute Gasteiger partial charge is 0.155 e. The molecule has 0 radical (unpaired) electrons. The maximum absolute atomic E-state index is 5.61. The topological polar surface area (TPSA) is 47.0 Å². The minimum atomic E-state index is -0.00355. The highest BCUT2D eigenvalue weighted by atomic mass is 16.5.